The van der Waals surface area contributed by atoms with Gasteiger partial charge in [0, 0.05) is 5.69 Å². The van der Waals surface area contributed by atoms with Crippen LogP contribution in [-0.2, 0) is 28.5 Å². The van der Waals surface area contributed by atoms with Crippen LogP contribution < -0.4 is 10.1 Å². The van der Waals surface area contributed by atoms with E-state index in [0.29, 0.717) is 12.3 Å². The zero-order valence-corrected chi connectivity index (χ0v) is 20.3. The maximum absolute atomic E-state index is 13.2. The predicted octanol–water partition coefficient (Wildman–Crippen LogP) is 4.37. The second kappa shape index (κ2) is 9.88. The summed E-state index contributed by atoms with van der Waals surface area (Å²) in [6.07, 6.45) is 2.85. The molecule has 3 heterocycles. The molecule has 33 heavy (non-hydrogen) atoms. The molecular formula is C25H37NO7. The number of amides is 1. The third-order valence-corrected chi connectivity index (χ3v) is 6.05. The van der Waals surface area contributed by atoms with Crippen molar-refractivity contribution in [1.82, 2.24) is 0 Å². The fourth-order valence-corrected chi connectivity index (χ4v) is 4.57. The quantitative estimate of drug-likeness (QED) is 0.544. The van der Waals surface area contributed by atoms with Crippen molar-refractivity contribution in [2.75, 3.05) is 11.9 Å². The summed E-state index contributed by atoms with van der Waals surface area (Å²) in [5.74, 6) is -1.21. The molecule has 1 aromatic carbocycles. The number of nitrogens with one attached hydrogen (secondary N) is 1. The molecule has 8 nitrogen and oxygen atoms in total. The second-order valence-corrected chi connectivity index (χ2v) is 9.87. The van der Waals surface area contributed by atoms with E-state index in [1.807, 2.05) is 52.0 Å². The zero-order valence-electron chi connectivity index (χ0n) is 20.3. The maximum Gasteiger partial charge on any atom is 0.256 e. The van der Waals surface area contributed by atoms with Gasteiger partial charge < -0.3 is 33.7 Å². The number of ether oxygens (including phenoxy) is 6. The Hall–Kier alpha value is -1.71. The van der Waals surface area contributed by atoms with Crippen molar-refractivity contribution in [3.63, 3.8) is 0 Å². The third-order valence-electron chi connectivity index (χ3n) is 6.05. The van der Waals surface area contributed by atoms with E-state index in [2.05, 4.69) is 12.2 Å². The Morgan fingerprint density at radius 1 is 0.879 bits per heavy atom. The summed E-state index contributed by atoms with van der Waals surface area (Å²) < 4.78 is 35.8. The first kappa shape index (κ1) is 24.4. The van der Waals surface area contributed by atoms with Gasteiger partial charge in [-0.3, -0.25) is 4.79 Å². The molecule has 184 valence electrons. The number of hydrogen-bond acceptors (Lipinski definition) is 7. The molecule has 1 N–H and O–H groups in total. The number of unbranched alkanes of at least 4 members (excludes halogenated alkanes) is 4. The normalized spacial score (nSPS) is 31.6. The highest BCUT2D eigenvalue weighted by Crippen LogP contribution is 2.44. The van der Waals surface area contributed by atoms with Gasteiger partial charge in [-0.05, 0) is 58.4 Å². The van der Waals surface area contributed by atoms with E-state index in [-0.39, 0.29) is 5.91 Å². The maximum atomic E-state index is 13.2. The Kier molecular flexibility index (Phi) is 7.31. The molecule has 0 unspecified atom stereocenters. The van der Waals surface area contributed by atoms with Gasteiger partial charge in [0.25, 0.3) is 5.91 Å². The largest absolute Gasteiger partial charge is 0.494 e. The summed E-state index contributed by atoms with van der Waals surface area (Å²) in [5, 5.41) is 2.92. The van der Waals surface area contributed by atoms with Crippen molar-refractivity contribution in [3.8, 4) is 5.75 Å². The van der Waals surface area contributed by atoms with E-state index in [9.17, 15) is 4.79 Å². The van der Waals surface area contributed by atoms with Crippen LogP contribution >= 0.6 is 0 Å². The molecule has 8 heteroatoms. The number of anilines is 1. The summed E-state index contributed by atoms with van der Waals surface area (Å²) in [7, 11) is 0. The van der Waals surface area contributed by atoms with E-state index in [0.717, 1.165) is 12.2 Å². The molecule has 0 bridgehead atoms. The monoisotopic (exact) mass is 463 g/mol. The fraction of sp³-hybridized carbons (Fsp3) is 0.720. The summed E-state index contributed by atoms with van der Waals surface area (Å²) in [5.41, 5.74) is 0.652. The lowest BCUT2D eigenvalue weighted by atomic mass is 9.98. The van der Waals surface area contributed by atoms with E-state index in [4.69, 9.17) is 28.4 Å². The molecule has 3 saturated heterocycles. The molecule has 0 radical (unpaired) electrons. The van der Waals surface area contributed by atoms with E-state index in [1.54, 1.807) is 0 Å². The molecule has 3 fully saturated rings. The molecule has 0 spiro atoms. The number of rotatable bonds is 9. The first-order valence-corrected chi connectivity index (χ1v) is 12.1. The fourth-order valence-electron chi connectivity index (χ4n) is 4.57. The van der Waals surface area contributed by atoms with Crippen LogP contribution in [0.25, 0.3) is 0 Å². The molecule has 5 atom stereocenters. The lowest BCUT2D eigenvalue weighted by Crippen LogP contribution is -2.58. The standard InChI is InChI=1S/C25H37NO7/c1-6-7-8-9-10-15-28-17-13-11-16(12-14-17)26-22(27)20-18-19(31-24(2,3)30-18)21-23(29-20)33-25(4,5)32-21/h11-14,18-21,23H,6-10,15H2,1-5H3,(H,26,27)/t18-,19-,20-,21-,23-/m1/s1. The Morgan fingerprint density at radius 2 is 1.52 bits per heavy atom. The van der Waals surface area contributed by atoms with Gasteiger partial charge in [-0.1, -0.05) is 32.6 Å². The minimum atomic E-state index is -0.894. The van der Waals surface area contributed by atoms with Crippen molar-refractivity contribution in [3.05, 3.63) is 24.3 Å². The average Bonchev–Trinajstić information content (AvgIpc) is 3.24. The van der Waals surface area contributed by atoms with Gasteiger partial charge in [0.2, 0.25) is 0 Å². The number of hydrogen-bond donors (Lipinski definition) is 1. The van der Waals surface area contributed by atoms with E-state index >= 15 is 0 Å². The summed E-state index contributed by atoms with van der Waals surface area (Å²) >= 11 is 0. The van der Waals surface area contributed by atoms with Gasteiger partial charge in [0.05, 0.1) is 6.61 Å². The highest BCUT2D eigenvalue weighted by molar-refractivity contribution is 5.94. The highest BCUT2D eigenvalue weighted by Gasteiger charge is 2.62. The molecular weight excluding hydrogens is 426 g/mol. The third kappa shape index (κ3) is 5.87. The van der Waals surface area contributed by atoms with Crippen LogP contribution in [0.4, 0.5) is 5.69 Å². The van der Waals surface area contributed by atoms with Crippen LogP contribution in [-0.4, -0.2) is 54.8 Å². The topological polar surface area (TPSA) is 84.5 Å². The molecule has 0 aromatic heterocycles. The van der Waals surface area contributed by atoms with Crippen molar-refractivity contribution in [2.45, 2.75) is 109 Å². The lowest BCUT2D eigenvalue weighted by Gasteiger charge is -2.36. The smallest absolute Gasteiger partial charge is 0.256 e. The zero-order chi connectivity index (χ0) is 23.6. The number of carbonyl (C=O) groups is 1. The summed E-state index contributed by atoms with van der Waals surface area (Å²) in [6.45, 7) is 10.2. The SMILES string of the molecule is CCCCCCCOc1ccc(NC(=O)[C@@H]2O[C@@H]3OC(C)(C)O[C@@H]3[C@@H]3OC(C)(C)O[C@H]32)cc1. The van der Waals surface area contributed by atoms with Crippen LogP contribution in [0.2, 0.25) is 0 Å². The highest BCUT2D eigenvalue weighted by atomic mass is 16.9. The molecule has 0 saturated carbocycles. The molecule has 4 rings (SSSR count). The second-order valence-electron chi connectivity index (χ2n) is 9.87. The minimum absolute atomic E-state index is 0.317. The molecule has 3 aliphatic rings. The molecule has 1 amide bonds. The summed E-state index contributed by atoms with van der Waals surface area (Å²) in [6, 6.07) is 7.36. The summed E-state index contributed by atoms with van der Waals surface area (Å²) in [4.78, 5) is 13.2. The van der Waals surface area contributed by atoms with Gasteiger partial charge in [-0.2, -0.15) is 0 Å². The van der Waals surface area contributed by atoms with E-state index < -0.39 is 42.3 Å². The van der Waals surface area contributed by atoms with Crippen molar-refractivity contribution >= 4 is 11.6 Å². The van der Waals surface area contributed by atoms with Crippen molar-refractivity contribution in [2.24, 2.45) is 0 Å². The van der Waals surface area contributed by atoms with Gasteiger partial charge in [0.15, 0.2) is 24.0 Å². The average molecular weight is 464 g/mol. The van der Waals surface area contributed by atoms with Gasteiger partial charge in [-0.25, -0.2) is 0 Å². The molecule has 1 aromatic rings. The van der Waals surface area contributed by atoms with Crippen molar-refractivity contribution < 1.29 is 33.2 Å². The number of carbonyl (C=O) groups excluding carboxylic acids is 1. The van der Waals surface area contributed by atoms with Crippen LogP contribution in [0.15, 0.2) is 24.3 Å². The van der Waals surface area contributed by atoms with Crippen molar-refractivity contribution in [1.29, 1.82) is 0 Å². The predicted molar refractivity (Wildman–Crippen MR) is 122 cm³/mol. The van der Waals surface area contributed by atoms with Crippen LogP contribution in [0.3, 0.4) is 0 Å². The van der Waals surface area contributed by atoms with Gasteiger partial charge in [0.1, 0.15) is 24.1 Å². The van der Waals surface area contributed by atoms with Crippen LogP contribution in [0.1, 0.15) is 66.7 Å². The van der Waals surface area contributed by atoms with Gasteiger partial charge >= 0.3 is 0 Å². The molecule has 3 aliphatic heterocycles. The van der Waals surface area contributed by atoms with E-state index in [1.165, 1.54) is 25.7 Å². The van der Waals surface area contributed by atoms with Gasteiger partial charge in [-0.15, -0.1) is 0 Å². The minimum Gasteiger partial charge on any atom is -0.494 e. The first-order chi connectivity index (χ1) is 15.7. The number of benzene rings is 1. The lowest BCUT2D eigenvalue weighted by molar-refractivity contribution is -0.229. The van der Waals surface area contributed by atoms with Crippen LogP contribution in [0.5, 0.6) is 5.75 Å². The Bertz CT molecular complexity index is 809. The Balaban J connectivity index is 1.35. The first-order valence-electron chi connectivity index (χ1n) is 12.1. The number of fused-ring (bicyclic) bond motifs is 3. The van der Waals surface area contributed by atoms with Crippen LogP contribution in [0, 0.1) is 0 Å². The molecule has 0 aliphatic carbocycles. The Labute approximate surface area is 196 Å². The Morgan fingerprint density at radius 3 is 2.24 bits per heavy atom.